The van der Waals surface area contributed by atoms with Crippen LogP contribution in [0.15, 0.2) is 24.3 Å². The SMILES string of the molecule is C[C@H](OC(=O)c1ccc(OC(F)F)cc1)C(=O)NC(N)=O. The molecule has 0 saturated heterocycles. The van der Waals surface area contributed by atoms with E-state index in [9.17, 15) is 23.2 Å². The molecule has 1 aromatic carbocycles. The topological polar surface area (TPSA) is 108 Å². The third-order valence-electron chi connectivity index (χ3n) is 2.21. The molecule has 0 aliphatic carbocycles. The van der Waals surface area contributed by atoms with Crippen molar-refractivity contribution in [3.05, 3.63) is 29.8 Å². The lowest BCUT2D eigenvalue weighted by Gasteiger charge is -2.12. The number of carbonyl (C=O) groups excluding carboxylic acids is 3. The lowest BCUT2D eigenvalue weighted by Crippen LogP contribution is -2.42. The highest BCUT2D eigenvalue weighted by Gasteiger charge is 2.20. The van der Waals surface area contributed by atoms with E-state index in [-0.39, 0.29) is 11.3 Å². The van der Waals surface area contributed by atoms with E-state index in [0.29, 0.717) is 0 Å². The largest absolute Gasteiger partial charge is 0.449 e. The van der Waals surface area contributed by atoms with Crippen molar-refractivity contribution in [3.8, 4) is 5.75 Å². The predicted molar refractivity (Wildman–Crippen MR) is 65.7 cm³/mol. The van der Waals surface area contributed by atoms with Crippen LogP contribution in [0, 0.1) is 0 Å². The van der Waals surface area contributed by atoms with Crippen molar-refractivity contribution in [2.24, 2.45) is 5.73 Å². The second-order valence-electron chi connectivity index (χ2n) is 3.80. The first-order valence-corrected chi connectivity index (χ1v) is 5.65. The number of hydrogen-bond acceptors (Lipinski definition) is 5. The standard InChI is InChI=1S/C12H12F2N2O5/c1-6(9(17)16-12(15)19)20-10(18)7-2-4-8(5-3-7)21-11(13)14/h2-6,11H,1H3,(H3,15,16,17,19)/t6-/m0/s1. The van der Waals surface area contributed by atoms with Crippen molar-refractivity contribution in [1.29, 1.82) is 0 Å². The van der Waals surface area contributed by atoms with E-state index in [0.717, 1.165) is 12.1 Å². The Bertz CT molecular complexity index is 533. The lowest BCUT2D eigenvalue weighted by molar-refractivity contribution is -0.127. The average molecular weight is 302 g/mol. The molecular formula is C12H12F2N2O5. The fourth-order valence-electron chi connectivity index (χ4n) is 1.28. The molecule has 0 aliphatic rings. The van der Waals surface area contributed by atoms with Crippen LogP contribution < -0.4 is 15.8 Å². The fraction of sp³-hybridized carbons (Fsp3) is 0.250. The van der Waals surface area contributed by atoms with Gasteiger partial charge in [0.05, 0.1) is 5.56 Å². The molecule has 21 heavy (non-hydrogen) atoms. The fourth-order valence-corrected chi connectivity index (χ4v) is 1.28. The van der Waals surface area contributed by atoms with Crippen molar-refractivity contribution in [3.63, 3.8) is 0 Å². The van der Waals surface area contributed by atoms with Gasteiger partial charge in [0.2, 0.25) is 0 Å². The van der Waals surface area contributed by atoms with Gasteiger partial charge in [-0.2, -0.15) is 8.78 Å². The van der Waals surface area contributed by atoms with E-state index in [1.807, 2.05) is 0 Å². The van der Waals surface area contributed by atoms with Crippen molar-refractivity contribution in [1.82, 2.24) is 5.32 Å². The zero-order valence-corrected chi connectivity index (χ0v) is 10.8. The molecular weight excluding hydrogens is 290 g/mol. The number of nitrogens with one attached hydrogen (secondary N) is 1. The van der Waals surface area contributed by atoms with Gasteiger partial charge < -0.3 is 15.2 Å². The molecule has 0 bridgehead atoms. The molecule has 3 amide bonds. The number of imide groups is 1. The van der Waals surface area contributed by atoms with E-state index in [1.165, 1.54) is 19.1 Å². The van der Waals surface area contributed by atoms with Gasteiger partial charge in [-0.3, -0.25) is 10.1 Å². The Hall–Kier alpha value is -2.71. The third kappa shape index (κ3) is 5.43. The first kappa shape index (κ1) is 16.3. The van der Waals surface area contributed by atoms with E-state index in [2.05, 4.69) is 4.74 Å². The van der Waals surface area contributed by atoms with E-state index in [4.69, 9.17) is 10.5 Å². The van der Waals surface area contributed by atoms with Gasteiger partial charge >= 0.3 is 18.6 Å². The Morgan fingerprint density at radius 2 is 1.76 bits per heavy atom. The summed E-state index contributed by atoms with van der Waals surface area (Å²) in [4.78, 5) is 33.4. The van der Waals surface area contributed by atoms with Gasteiger partial charge in [-0.25, -0.2) is 9.59 Å². The highest BCUT2D eigenvalue weighted by Crippen LogP contribution is 2.15. The van der Waals surface area contributed by atoms with Gasteiger partial charge in [0.1, 0.15) is 5.75 Å². The first-order valence-electron chi connectivity index (χ1n) is 5.65. The van der Waals surface area contributed by atoms with Crippen molar-refractivity contribution >= 4 is 17.9 Å². The molecule has 0 aliphatic heterocycles. The van der Waals surface area contributed by atoms with Crippen LogP contribution in [0.2, 0.25) is 0 Å². The van der Waals surface area contributed by atoms with Crippen molar-refractivity contribution in [2.75, 3.05) is 0 Å². The summed E-state index contributed by atoms with van der Waals surface area (Å²) in [5.41, 5.74) is 4.77. The Balaban J connectivity index is 2.63. The Labute approximate surface area is 118 Å². The second-order valence-corrected chi connectivity index (χ2v) is 3.80. The number of rotatable bonds is 5. The molecule has 1 atom stereocenters. The molecule has 114 valence electrons. The molecule has 0 radical (unpaired) electrons. The van der Waals surface area contributed by atoms with Gasteiger partial charge in [-0.05, 0) is 31.2 Å². The van der Waals surface area contributed by atoms with Gasteiger partial charge in [-0.15, -0.1) is 0 Å². The summed E-state index contributed by atoms with van der Waals surface area (Å²) in [7, 11) is 0. The molecule has 0 fully saturated rings. The minimum absolute atomic E-state index is 0.0235. The number of amides is 3. The smallest absolute Gasteiger partial charge is 0.387 e. The molecule has 0 spiro atoms. The summed E-state index contributed by atoms with van der Waals surface area (Å²) in [6, 6.07) is 3.61. The first-order chi connectivity index (χ1) is 9.79. The lowest BCUT2D eigenvalue weighted by atomic mass is 10.2. The number of carbonyl (C=O) groups is 3. The Morgan fingerprint density at radius 3 is 2.24 bits per heavy atom. The van der Waals surface area contributed by atoms with E-state index in [1.54, 1.807) is 5.32 Å². The number of primary amides is 1. The summed E-state index contributed by atoms with van der Waals surface area (Å²) in [6.45, 7) is -1.73. The van der Waals surface area contributed by atoms with Crippen LogP contribution in [0.5, 0.6) is 5.75 Å². The highest BCUT2D eigenvalue weighted by atomic mass is 19.3. The minimum atomic E-state index is -2.97. The maximum absolute atomic E-state index is 11.9. The van der Waals surface area contributed by atoms with Crippen LogP contribution in [0.1, 0.15) is 17.3 Å². The van der Waals surface area contributed by atoms with Crippen LogP contribution in [0.3, 0.4) is 0 Å². The summed E-state index contributed by atoms with van der Waals surface area (Å²) in [5, 5.41) is 1.75. The maximum atomic E-state index is 11.9. The molecule has 1 rings (SSSR count). The number of urea groups is 1. The predicted octanol–water partition coefficient (Wildman–Crippen LogP) is 1.03. The number of nitrogens with two attached hydrogens (primary N) is 1. The zero-order chi connectivity index (χ0) is 16.0. The summed E-state index contributed by atoms with van der Waals surface area (Å²) in [5.74, 6) is -1.87. The number of halogens is 2. The molecule has 0 unspecified atom stereocenters. The van der Waals surface area contributed by atoms with Crippen LogP contribution in [0.4, 0.5) is 13.6 Å². The summed E-state index contributed by atoms with van der Waals surface area (Å²) >= 11 is 0. The number of hydrogen-bond donors (Lipinski definition) is 2. The summed E-state index contributed by atoms with van der Waals surface area (Å²) < 4.78 is 32.8. The number of ether oxygens (including phenoxy) is 2. The van der Waals surface area contributed by atoms with Crippen molar-refractivity contribution < 1.29 is 32.6 Å². The molecule has 7 nitrogen and oxygen atoms in total. The zero-order valence-electron chi connectivity index (χ0n) is 10.8. The van der Waals surface area contributed by atoms with Gasteiger partial charge in [0, 0.05) is 0 Å². The van der Waals surface area contributed by atoms with Crippen LogP contribution in [-0.2, 0) is 9.53 Å². The second kappa shape index (κ2) is 7.17. The highest BCUT2D eigenvalue weighted by molar-refractivity contribution is 5.98. The molecule has 0 heterocycles. The van der Waals surface area contributed by atoms with Crippen LogP contribution in [-0.4, -0.2) is 30.6 Å². The van der Waals surface area contributed by atoms with Gasteiger partial charge in [0.15, 0.2) is 6.10 Å². The normalized spacial score (nSPS) is 11.6. The Morgan fingerprint density at radius 1 is 1.19 bits per heavy atom. The third-order valence-corrected chi connectivity index (χ3v) is 2.21. The molecule has 9 heteroatoms. The molecule has 0 aromatic heterocycles. The molecule has 3 N–H and O–H groups in total. The minimum Gasteiger partial charge on any atom is -0.449 e. The quantitative estimate of drug-likeness (QED) is 0.790. The number of benzene rings is 1. The molecule has 1 aromatic rings. The van der Waals surface area contributed by atoms with Gasteiger partial charge in [0.25, 0.3) is 5.91 Å². The van der Waals surface area contributed by atoms with Crippen LogP contribution >= 0.6 is 0 Å². The summed E-state index contributed by atoms with van der Waals surface area (Å²) in [6.07, 6.45) is -1.25. The average Bonchev–Trinajstić information content (AvgIpc) is 2.37. The maximum Gasteiger partial charge on any atom is 0.387 e. The van der Waals surface area contributed by atoms with E-state index >= 15 is 0 Å². The Kier molecular flexibility index (Phi) is 5.58. The number of alkyl halides is 2. The monoisotopic (exact) mass is 302 g/mol. The van der Waals surface area contributed by atoms with Gasteiger partial charge in [-0.1, -0.05) is 0 Å². The number of esters is 1. The van der Waals surface area contributed by atoms with Crippen molar-refractivity contribution in [2.45, 2.75) is 19.6 Å². The van der Waals surface area contributed by atoms with E-state index < -0.39 is 30.6 Å². The molecule has 0 saturated carbocycles. The van der Waals surface area contributed by atoms with Crippen LogP contribution in [0.25, 0.3) is 0 Å².